The predicted octanol–water partition coefficient (Wildman–Crippen LogP) is 2.61. The molecular weight excluding hydrogens is 276 g/mol. The second-order valence-corrected chi connectivity index (χ2v) is 6.29. The Labute approximate surface area is 123 Å². The van der Waals surface area contributed by atoms with Gasteiger partial charge in [0.25, 0.3) is 0 Å². The molecule has 2 aromatic rings. The van der Waals surface area contributed by atoms with E-state index in [0.29, 0.717) is 12.0 Å². The summed E-state index contributed by atoms with van der Waals surface area (Å²) in [7, 11) is 1.94. The molecule has 3 rings (SSSR count). The lowest BCUT2D eigenvalue weighted by Gasteiger charge is -2.37. The SMILES string of the molecule is CC(C)C[C@H]1CN(C)C(O)c2cc3cnc(Cl)nc3n21. The second kappa shape index (κ2) is 4.98. The van der Waals surface area contributed by atoms with Crippen LogP contribution in [0.1, 0.15) is 38.2 Å². The molecule has 0 radical (unpaired) electrons. The molecule has 3 heterocycles. The van der Waals surface area contributed by atoms with E-state index >= 15 is 0 Å². The van der Waals surface area contributed by atoms with Gasteiger partial charge in [0, 0.05) is 24.2 Å². The first-order valence-electron chi connectivity index (χ1n) is 6.89. The number of halogens is 1. The zero-order chi connectivity index (χ0) is 14.4. The highest BCUT2D eigenvalue weighted by atomic mass is 35.5. The monoisotopic (exact) mass is 294 g/mol. The minimum absolute atomic E-state index is 0.245. The van der Waals surface area contributed by atoms with Gasteiger partial charge >= 0.3 is 0 Å². The molecule has 0 saturated carbocycles. The Morgan fingerprint density at radius 1 is 1.50 bits per heavy atom. The molecule has 20 heavy (non-hydrogen) atoms. The number of aliphatic hydroxyl groups excluding tert-OH is 1. The zero-order valence-electron chi connectivity index (χ0n) is 11.9. The molecule has 108 valence electrons. The normalized spacial score (nSPS) is 23.5. The maximum atomic E-state index is 10.4. The molecule has 0 aliphatic carbocycles. The van der Waals surface area contributed by atoms with Gasteiger partial charge in [-0.05, 0) is 37.1 Å². The summed E-state index contributed by atoms with van der Waals surface area (Å²) in [6.45, 7) is 5.22. The average molecular weight is 295 g/mol. The Morgan fingerprint density at radius 2 is 2.25 bits per heavy atom. The Balaban J connectivity index is 2.19. The van der Waals surface area contributed by atoms with Gasteiger partial charge < -0.3 is 9.67 Å². The third kappa shape index (κ3) is 2.20. The first kappa shape index (κ1) is 13.8. The minimum Gasteiger partial charge on any atom is -0.373 e. The molecule has 5 nitrogen and oxygen atoms in total. The highest BCUT2D eigenvalue weighted by Gasteiger charge is 2.32. The molecule has 0 amide bonds. The lowest BCUT2D eigenvalue weighted by molar-refractivity contribution is -0.0153. The number of likely N-dealkylation sites (N-methyl/N-ethyl adjacent to an activating group) is 1. The van der Waals surface area contributed by atoms with Crippen molar-refractivity contribution in [3.05, 3.63) is 23.2 Å². The van der Waals surface area contributed by atoms with Crippen LogP contribution in [0.5, 0.6) is 0 Å². The molecule has 0 bridgehead atoms. The van der Waals surface area contributed by atoms with Crippen molar-refractivity contribution in [3.63, 3.8) is 0 Å². The summed E-state index contributed by atoms with van der Waals surface area (Å²) in [5.41, 5.74) is 1.69. The molecule has 0 saturated heterocycles. The standard InChI is InChI=1S/C14H19ClN4O/c1-8(2)4-10-7-18(3)13(20)11-5-9-6-16-14(15)17-12(9)19(10)11/h5-6,8,10,13,20H,4,7H2,1-3H3/t10-,13?/m0/s1. The fourth-order valence-corrected chi connectivity index (χ4v) is 3.18. The van der Waals surface area contributed by atoms with Gasteiger partial charge in [-0.1, -0.05) is 13.8 Å². The molecule has 6 heteroatoms. The first-order valence-corrected chi connectivity index (χ1v) is 7.27. The van der Waals surface area contributed by atoms with Crippen LogP contribution in [-0.2, 0) is 0 Å². The highest BCUT2D eigenvalue weighted by molar-refractivity contribution is 6.28. The number of aromatic nitrogens is 3. The van der Waals surface area contributed by atoms with Gasteiger partial charge in [-0.3, -0.25) is 4.90 Å². The summed E-state index contributed by atoms with van der Waals surface area (Å²) in [6, 6.07) is 2.25. The van der Waals surface area contributed by atoms with E-state index in [9.17, 15) is 5.11 Å². The number of hydrogen-bond acceptors (Lipinski definition) is 4. The van der Waals surface area contributed by atoms with Gasteiger partial charge in [-0.2, -0.15) is 4.98 Å². The van der Waals surface area contributed by atoms with E-state index in [1.807, 2.05) is 18.0 Å². The maximum Gasteiger partial charge on any atom is 0.224 e. The van der Waals surface area contributed by atoms with E-state index < -0.39 is 6.23 Å². The van der Waals surface area contributed by atoms with Crippen LogP contribution >= 0.6 is 11.6 Å². The number of aliphatic hydroxyl groups is 1. The summed E-state index contributed by atoms with van der Waals surface area (Å²) in [4.78, 5) is 10.3. The summed E-state index contributed by atoms with van der Waals surface area (Å²) in [6.07, 6.45) is 2.15. The molecule has 1 unspecified atom stereocenters. The molecule has 0 aromatic carbocycles. The minimum atomic E-state index is -0.605. The quantitative estimate of drug-likeness (QED) is 0.865. The van der Waals surface area contributed by atoms with Crippen LogP contribution in [0, 0.1) is 5.92 Å². The van der Waals surface area contributed by atoms with Gasteiger partial charge in [0.1, 0.15) is 11.9 Å². The van der Waals surface area contributed by atoms with E-state index in [1.165, 1.54) is 0 Å². The van der Waals surface area contributed by atoms with Gasteiger partial charge in [0.15, 0.2) is 0 Å². The zero-order valence-corrected chi connectivity index (χ0v) is 12.7. The smallest absolute Gasteiger partial charge is 0.224 e. The Kier molecular flexibility index (Phi) is 3.44. The third-order valence-electron chi connectivity index (χ3n) is 3.87. The fourth-order valence-electron chi connectivity index (χ4n) is 3.05. The van der Waals surface area contributed by atoms with E-state index in [1.54, 1.807) is 6.20 Å². The predicted molar refractivity (Wildman–Crippen MR) is 78.6 cm³/mol. The lowest BCUT2D eigenvalue weighted by atomic mass is 10.0. The molecule has 1 aliphatic heterocycles. The van der Waals surface area contributed by atoms with Gasteiger partial charge in [-0.25, -0.2) is 4.98 Å². The second-order valence-electron chi connectivity index (χ2n) is 5.95. The van der Waals surface area contributed by atoms with Crippen molar-refractivity contribution in [2.24, 2.45) is 5.92 Å². The molecule has 2 aromatic heterocycles. The summed E-state index contributed by atoms with van der Waals surface area (Å²) >= 11 is 5.93. The van der Waals surface area contributed by atoms with Crippen LogP contribution in [0.25, 0.3) is 11.0 Å². The van der Waals surface area contributed by atoms with Crippen molar-refractivity contribution < 1.29 is 5.11 Å². The van der Waals surface area contributed by atoms with E-state index in [0.717, 1.165) is 29.7 Å². The van der Waals surface area contributed by atoms with Crippen molar-refractivity contribution in [3.8, 4) is 0 Å². The summed E-state index contributed by atoms with van der Waals surface area (Å²) in [5, 5.41) is 11.5. The van der Waals surface area contributed by atoms with Gasteiger partial charge in [-0.15, -0.1) is 0 Å². The lowest BCUT2D eigenvalue weighted by Crippen LogP contribution is -2.38. The van der Waals surface area contributed by atoms with Crippen LogP contribution in [0.2, 0.25) is 5.28 Å². The largest absolute Gasteiger partial charge is 0.373 e. The van der Waals surface area contributed by atoms with Crippen molar-refractivity contribution in [1.29, 1.82) is 0 Å². The molecule has 0 fully saturated rings. The molecule has 0 spiro atoms. The summed E-state index contributed by atoms with van der Waals surface area (Å²) < 4.78 is 2.13. The van der Waals surface area contributed by atoms with Crippen LogP contribution in [0.15, 0.2) is 12.3 Å². The number of nitrogens with zero attached hydrogens (tertiary/aromatic N) is 4. The van der Waals surface area contributed by atoms with Crippen LogP contribution in [0.3, 0.4) is 0 Å². The number of fused-ring (bicyclic) bond motifs is 3. The Hall–Kier alpha value is -1.17. The van der Waals surface area contributed by atoms with Crippen molar-refractivity contribution >= 4 is 22.6 Å². The number of rotatable bonds is 2. The maximum absolute atomic E-state index is 10.4. The number of hydrogen-bond donors (Lipinski definition) is 1. The highest BCUT2D eigenvalue weighted by Crippen LogP contribution is 2.36. The fraction of sp³-hybridized carbons (Fsp3) is 0.571. The first-order chi connectivity index (χ1) is 9.47. The Bertz CT molecular complexity index is 639. The molecule has 1 aliphatic rings. The van der Waals surface area contributed by atoms with E-state index in [4.69, 9.17) is 11.6 Å². The van der Waals surface area contributed by atoms with Gasteiger partial charge in [0.2, 0.25) is 5.28 Å². The topological polar surface area (TPSA) is 54.2 Å². The summed E-state index contributed by atoms with van der Waals surface area (Å²) in [5.74, 6) is 0.575. The van der Waals surface area contributed by atoms with Crippen molar-refractivity contribution in [2.75, 3.05) is 13.6 Å². The van der Waals surface area contributed by atoms with Crippen LogP contribution < -0.4 is 0 Å². The van der Waals surface area contributed by atoms with Crippen molar-refractivity contribution in [1.82, 2.24) is 19.4 Å². The average Bonchev–Trinajstić information content (AvgIpc) is 2.74. The third-order valence-corrected chi connectivity index (χ3v) is 4.05. The molecule has 1 N–H and O–H groups in total. The van der Waals surface area contributed by atoms with Crippen LogP contribution in [0.4, 0.5) is 0 Å². The molecular formula is C14H19ClN4O. The van der Waals surface area contributed by atoms with E-state index in [-0.39, 0.29) is 5.28 Å². The van der Waals surface area contributed by atoms with Crippen LogP contribution in [-0.4, -0.2) is 38.1 Å². The van der Waals surface area contributed by atoms with Gasteiger partial charge in [0.05, 0.1) is 5.69 Å². The Morgan fingerprint density at radius 3 is 2.95 bits per heavy atom. The van der Waals surface area contributed by atoms with E-state index in [2.05, 4.69) is 28.4 Å². The van der Waals surface area contributed by atoms with Crippen molar-refractivity contribution in [2.45, 2.75) is 32.5 Å². The molecule has 2 atom stereocenters.